The number of hydrogen-bond acceptors (Lipinski definition) is 6. The van der Waals surface area contributed by atoms with Crippen molar-refractivity contribution in [3.63, 3.8) is 0 Å². The minimum absolute atomic E-state index is 0.322. The summed E-state index contributed by atoms with van der Waals surface area (Å²) >= 11 is 3.50. The van der Waals surface area contributed by atoms with Crippen LogP contribution in [0.3, 0.4) is 0 Å². The van der Waals surface area contributed by atoms with E-state index in [4.69, 9.17) is 14.9 Å². The van der Waals surface area contributed by atoms with Crippen LogP contribution in [0.5, 0.6) is 17.2 Å². The average Bonchev–Trinajstić information content (AvgIpc) is 3.75. The van der Waals surface area contributed by atoms with Crippen molar-refractivity contribution in [3.8, 4) is 17.2 Å². The molecular formula is C36H33NO4S2. The molecule has 6 aromatic rings. The third-order valence-corrected chi connectivity index (χ3v) is 7.91. The number of phenols is 2. The van der Waals surface area contributed by atoms with Gasteiger partial charge in [-0.1, -0.05) is 72.8 Å². The molecule has 2 aromatic heterocycles. The van der Waals surface area contributed by atoms with E-state index in [0.717, 1.165) is 18.5 Å². The minimum atomic E-state index is -0.401. The Kier molecular flexibility index (Phi) is 12.0. The van der Waals surface area contributed by atoms with E-state index in [1.807, 2.05) is 72.8 Å². The molecule has 2 heterocycles. The molecule has 0 unspecified atom stereocenters. The van der Waals surface area contributed by atoms with Gasteiger partial charge in [0.05, 0.1) is 0 Å². The zero-order valence-electron chi connectivity index (χ0n) is 23.7. The smallest absolute Gasteiger partial charge is 0.419 e. The van der Waals surface area contributed by atoms with Crippen molar-refractivity contribution in [3.05, 3.63) is 165 Å². The first-order chi connectivity index (χ1) is 21.0. The summed E-state index contributed by atoms with van der Waals surface area (Å²) in [5.41, 5.74) is 3.23. The first kappa shape index (κ1) is 31.1. The van der Waals surface area contributed by atoms with Gasteiger partial charge in [-0.05, 0) is 82.6 Å². The average molecular weight is 608 g/mol. The minimum Gasteiger partial charge on any atom is -0.508 e. The summed E-state index contributed by atoms with van der Waals surface area (Å²) in [5.74, 6) is 1.20. The van der Waals surface area contributed by atoms with Gasteiger partial charge in [-0.15, -0.1) is 22.7 Å². The molecule has 0 aliphatic rings. The monoisotopic (exact) mass is 607 g/mol. The molecule has 0 bridgehead atoms. The van der Waals surface area contributed by atoms with Crippen LogP contribution in [0.15, 0.2) is 144 Å². The first-order valence-electron chi connectivity index (χ1n) is 13.6. The highest BCUT2D eigenvalue weighted by Crippen LogP contribution is 2.20. The Bertz CT molecular complexity index is 1600. The van der Waals surface area contributed by atoms with Crippen LogP contribution in [0.25, 0.3) is 0 Å². The Hall–Kier alpha value is -4.85. The van der Waals surface area contributed by atoms with Gasteiger partial charge in [-0.3, -0.25) is 4.90 Å². The van der Waals surface area contributed by atoms with Gasteiger partial charge in [-0.25, -0.2) is 4.79 Å². The Morgan fingerprint density at radius 1 is 0.605 bits per heavy atom. The van der Waals surface area contributed by atoms with Crippen molar-refractivity contribution < 1.29 is 19.7 Å². The topological polar surface area (TPSA) is 70.0 Å². The van der Waals surface area contributed by atoms with E-state index in [1.54, 1.807) is 66.1 Å². The van der Waals surface area contributed by atoms with Crippen LogP contribution >= 0.6 is 22.7 Å². The largest absolute Gasteiger partial charge is 0.508 e. The van der Waals surface area contributed by atoms with Gasteiger partial charge in [0, 0.05) is 35.3 Å². The van der Waals surface area contributed by atoms with E-state index < -0.39 is 6.09 Å². The van der Waals surface area contributed by atoms with Gasteiger partial charge in [0.25, 0.3) is 0 Å². The second-order valence-electron chi connectivity index (χ2n) is 9.42. The third kappa shape index (κ3) is 10.8. The summed E-state index contributed by atoms with van der Waals surface area (Å²) in [5, 5.41) is 21.9. The molecule has 218 valence electrons. The van der Waals surface area contributed by atoms with Gasteiger partial charge in [0.2, 0.25) is 0 Å². The maximum Gasteiger partial charge on any atom is 0.419 e. The van der Waals surface area contributed by atoms with Gasteiger partial charge < -0.3 is 14.9 Å². The molecular weight excluding hydrogens is 575 g/mol. The van der Waals surface area contributed by atoms with Crippen LogP contribution < -0.4 is 9.64 Å². The molecule has 0 fully saturated rings. The molecule has 0 saturated heterocycles. The van der Waals surface area contributed by atoms with E-state index in [1.165, 1.54) is 25.8 Å². The molecule has 0 aliphatic carbocycles. The number of amides is 1. The summed E-state index contributed by atoms with van der Waals surface area (Å²) in [4.78, 5) is 16.3. The number of carbonyl (C=O) groups is 1. The SMILES string of the molecule is CN(C(=O)Oc1ccc(Cc2cccs2)cc1)c1ccccc1.Oc1ccc(Cc2cccs2)cc1.Oc1ccccc1. The molecule has 0 aliphatic heterocycles. The molecule has 0 spiro atoms. The highest BCUT2D eigenvalue weighted by molar-refractivity contribution is 7.10. The molecule has 5 nitrogen and oxygen atoms in total. The number of rotatable bonds is 6. The van der Waals surface area contributed by atoms with Crippen molar-refractivity contribution in [1.29, 1.82) is 0 Å². The van der Waals surface area contributed by atoms with E-state index in [9.17, 15) is 4.79 Å². The lowest BCUT2D eigenvalue weighted by molar-refractivity contribution is 0.209. The lowest BCUT2D eigenvalue weighted by Gasteiger charge is -2.16. The molecule has 2 N–H and O–H groups in total. The number of anilines is 1. The summed E-state index contributed by atoms with van der Waals surface area (Å²) in [6.45, 7) is 0. The fourth-order valence-electron chi connectivity index (χ4n) is 3.87. The van der Waals surface area contributed by atoms with E-state index in [0.29, 0.717) is 17.2 Å². The molecule has 7 heteroatoms. The van der Waals surface area contributed by atoms with E-state index in [2.05, 4.69) is 35.0 Å². The quantitative estimate of drug-likeness (QED) is 0.198. The van der Waals surface area contributed by atoms with Crippen LogP contribution in [0, 0.1) is 0 Å². The summed E-state index contributed by atoms with van der Waals surface area (Å²) < 4.78 is 5.41. The van der Waals surface area contributed by atoms with Crippen molar-refractivity contribution in [1.82, 2.24) is 0 Å². The number of thiophene rings is 2. The summed E-state index contributed by atoms with van der Waals surface area (Å²) in [7, 11) is 1.70. The van der Waals surface area contributed by atoms with Crippen LogP contribution in [-0.2, 0) is 12.8 Å². The Balaban J connectivity index is 0.000000176. The van der Waals surface area contributed by atoms with Crippen molar-refractivity contribution in [2.45, 2.75) is 12.8 Å². The predicted molar refractivity (Wildman–Crippen MR) is 178 cm³/mol. The number of nitrogens with zero attached hydrogens (tertiary/aromatic N) is 1. The number of benzene rings is 4. The molecule has 0 radical (unpaired) electrons. The Morgan fingerprint density at radius 3 is 1.51 bits per heavy atom. The molecule has 0 saturated carbocycles. The van der Waals surface area contributed by atoms with Crippen LogP contribution in [0.2, 0.25) is 0 Å². The number of carbonyl (C=O) groups excluding carboxylic acids is 1. The molecule has 4 aromatic carbocycles. The number of para-hydroxylation sites is 2. The number of ether oxygens (including phenoxy) is 1. The fourth-order valence-corrected chi connectivity index (χ4v) is 5.35. The van der Waals surface area contributed by atoms with Crippen LogP contribution in [0.1, 0.15) is 20.9 Å². The zero-order valence-corrected chi connectivity index (χ0v) is 25.4. The molecule has 1 amide bonds. The number of aromatic hydroxyl groups is 2. The molecule has 0 atom stereocenters. The van der Waals surface area contributed by atoms with Crippen LogP contribution in [-0.4, -0.2) is 23.4 Å². The maximum absolute atomic E-state index is 12.2. The maximum atomic E-state index is 12.2. The summed E-state index contributed by atoms with van der Waals surface area (Å²) in [6, 6.07) is 41.5. The lowest BCUT2D eigenvalue weighted by atomic mass is 10.1. The Labute approximate surface area is 260 Å². The summed E-state index contributed by atoms with van der Waals surface area (Å²) in [6.07, 6.45) is 1.45. The van der Waals surface area contributed by atoms with Gasteiger partial charge >= 0.3 is 6.09 Å². The highest BCUT2D eigenvalue weighted by Gasteiger charge is 2.13. The molecule has 43 heavy (non-hydrogen) atoms. The molecule has 6 rings (SSSR count). The Morgan fingerprint density at radius 2 is 1.07 bits per heavy atom. The number of hydrogen-bond donors (Lipinski definition) is 2. The van der Waals surface area contributed by atoms with Crippen molar-refractivity contribution in [2.24, 2.45) is 0 Å². The zero-order chi connectivity index (χ0) is 30.3. The highest BCUT2D eigenvalue weighted by atomic mass is 32.1. The van der Waals surface area contributed by atoms with E-state index in [-0.39, 0.29) is 0 Å². The predicted octanol–water partition coefficient (Wildman–Crippen LogP) is 9.41. The number of phenolic OH excluding ortho intramolecular Hbond substituents is 2. The van der Waals surface area contributed by atoms with Gasteiger partial charge in [0.1, 0.15) is 17.2 Å². The third-order valence-electron chi connectivity index (χ3n) is 6.16. The van der Waals surface area contributed by atoms with Gasteiger partial charge in [-0.2, -0.15) is 0 Å². The first-order valence-corrected chi connectivity index (χ1v) is 15.4. The van der Waals surface area contributed by atoms with Gasteiger partial charge in [0.15, 0.2) is 0 Å². The lowest BCUT2D eigenvalue weighted by Crippen LogP contribution is -2.29. The standard InChI is InChI=1S/C19H17NO2S.C11H10OS.C6H6O/c1-20(16-6-3-2-4-7-16)19(21)22-17-11-9-15(10-12-17)14-18-8-5-13-23-18;12-10-5-3-9(4-6-10)8-11-2-1-7-13-11;7-6-4-2-1-3-5-6/h2-13H,14H2,1H3;1-7,12H,8H2;1-5,7H. The van der Waals surface area contributed by atoms with Crippen molar-refractivity contribution >= 4 is 34.5 Å². The second-order valence-corrected chi connectivity index (χ2v) is 11.5. The fraction of sp³-hybridized carbons (Fsp3) is 0.0833. The normalized spacial score (nSPS) is 9.98. The van der Waals surface area contributed by atoms with E-state index >= 15 is 0 Å². The van der Waals surface area contributed by atoms with Crippen molar-refractivity contribution in [2.75, 3.05) is 11.9 Å². The second kappa shape index (κ2) is 16.6. The van der Waals surface area contributed by atoms with Crippen LogP contribution in [0.4, 0.5) is 10.5 Å².